The fourth-order valence-electron chi connectivity index (χ4n) is 3.40. The molecule has 0 radical (unpaired) electrons. The smallest absolute Gasteiger partial charge is 0.295 e. The Hall–Kier alpha value is -2.79. The summed E-state index contributed by atoms with van der Waals surface area (Å²) in [7, 11) is 0. The number of rotatable bonds is 6. The van der Waals surface area contributed by atoms with Crippen LogP contribution in [0.4, 0.5) is 0 Å². The van der Waals surface area contributed by atoms with Crippen LogP contribution in [0.25, 0.3) is 5.76 Å². The zero-order valence-electron chi connectivity index (χ0n) is 15.8. The molecule has 0 aromatic heterocycles. The lowest BCUT2D eigenvalue weighted by molar-refractivity contribution is -0.139. The molecule has 0 bridgehead atoms. The molecule has 1 heterocycles. The third-order valence-corrected chi connectivity index (χ3v) is 4.86. The predicted molar refractivity (Wildman–Crippen MR) is 108 cm³/mol. The lowest BCUT2D eigenvalue weighted by Crippen LogP contribution is -2.30. The van der Waals surface area contributed by atoms with Crippen LogP contribution >= 0.6 is 11.6 Å². The SMILES string of the molecule is CCCN1C(=O)C(=O)/C(=C(\O)c2cccc(OCC)c2)C1c1ccc(Cl)cc1. The molecular weight excluding hydrogens is 378 g/mol. The van der Waals surface area contributed by atoms with Crippen molar-refractivity contribution >= 4 is 29.1 Å². The number of Topliss-reactive ketones (excluding diaryl/α,β-unsaturated/α-hetero) is 1. The Bertz CT molecular complexity index is 920. The average Bonchev–Trinajstić information content (AvgIpc) is 2.94. The normalized spacial score (nSPS) is 18.5. The lowest BCUT2D eigenvalue weighted by atomic mass is 9.95. The maximum Gasteiger partial charge on any atom is 0.295 e. The number of hydrogen-bond acceptors (Lipinski definition) is 4. The first-order valence-electron chi connectivity index (χ1n) is 9.25. The maximum atomic E-state index is 12.8. The molecule has 1 amide bonds. The molecule has 0 spiro atoms. The number of carbonyl (C=O) groups is 2. The summed E-state index contributed by atoms with van der Waals surface area (Å²) >= 11 is 5.99. The molecule has 2 aromatic carbocycles. The van der Waals surface area contributed by atoms with E-state index in [4.69, 9.17) is 16.3 Å². The molecule has 5 nitrogen and oxygen atoms in total. The standard InChI is InChI=1S/C22H22ClNO4/c1-3-12-24-19(14-8-10-16(23)11-9-14)18(21(26)22(24)27)20(25)15-6-5-7-17(13-15)28-4-2/h5-11,13,19,25H,3-4,12H2,1-2H3/b20-18-. The molecule has 146 valence electrons. The first-order valence-corrected chi connectivity index (χ1v) is 9.62. The molecule has 6 heteroatoms. The predicted octanol–water partition coefficient (Wildman–Crippen LogP) is 4.57. The van der Waals surface area contributed by atoms with E-state index in [-0.39, 0.29) is 11.3 Å². The number of ether oxygens (including phenoxy) is 1. The van der Waals surface area contributed by atoms with Gasteiger partial charge < -0.3 is 14.7 Å². The Balaban J connectivity index is 2.15. The van der Waals surface area contributed by atoms with Crippen LogP contribution in [0.2, 0.25) is 5.02 Å². The summed E-state index contributed by atoms with van der Waals surface area (Å²) in [6.45, 7) is 4.69. The highest BCUT2D eigenvalue weighted by Crippen LogP contribution is 2.40. The van der Waals surface area contributed by atoms with Gasteiger partial charge in [0.15, 0.2) is 0 Å². The summed E-state index contributed by atoms with van der Waals surface area (Å²) in [5, 5.41) is 11.5. The Morgan fingerprint density at radius 3 is 2.50 bits per heavy atom. The lowest BCUT2D eigenvalue weighted by Gasteiger charge is -2.25. The summed E-state index contributed by atoms with van der Waals surface area (Å²) < 4.78 is 5.48. The average molecular weight is 400 g/mol. The van der Waals surface area contributed by atoms with Gasteiger partial charge in [-0.2, -0.15) is 0 Å². The molecule has 0 saturated carbocycles. The molecule has 1 aliphatic heterocycles. The quantitative estimate of drug-likeness (QED) is 0.439. The summed E-state index contributed by atoms with van der Waals surface area (Å²) in [5.41, 5.74) is 1.23. The van der Waals surface area contributed by atoms with Gasteiger partial charge in [-0.25, -0.2) is 0 Å². The summed E-state index contributed by atoms with van der Waals surface area (Å²) in [4.78, 5) is 26.9. The number of hydrogen-bond donors (Lipinski definition) is 1. The van der Waals surface area contributed by atoms with Crippen LogP contribution < -0.4 is 4.74 Å². The molecule has 1 aliphatic rings. The largest absolute Gasteiger partial charge is 0.507 e. The second-order valence-electron chi connectivity index (χ2n) is 6.50. The van der Waals surface area contributed by atoms with Crippen molar-refractivity contribution < 1.29 is 19.4 Å². The van der Waals surface area contributed by atoms with E-state index in [2.05, 4.69) is 0 Å². The maximum absolute atomic E-state index is 12.8. The molecule has 1 atom stereocenters. The molecule has 3 rings (SSSR count). The van der Waals surface area contributed by atoms with Crippen LogP contribution in [0.3, 0.4) is 0 Å². The molecule has 1 unspecified atom stereocenters. The fraction of sp³-hybridized carbons (Fsp3) is 0.273. The van der Waals surface area contributed by atoms with Crippen LogP contribution in [-0.2, 0) is 9.59 Å². The van der Waals surface area contributed by atoms with E-state index in [1.807, 2.05) is 13.8 Å². The van der Waals surface area contributed by atoms with Crippen LogP contribution in [-0.4, -0.2) is 34.8 Å². The Morgan fingerprint density at radius 2 is 1.86 bits per heavy atom. The van der Waals surface area contributed by atoms with Gasteiger partial charge in [0, 0.05) is 17.1 Å². The van der Waals surface area contributed by atoms with Gasteiger partial charge in [-0.15, -0.1) is 0 Å². The van der Waals surface area contributed by atoms with Crippen molar-refractivity contribution in [3.8, 4) is 5.75 Å². The number of amides is 1. The van der Waals surface area contributed by atoms with Gasteiger partial charge >= 0.3 is 0 Å². The minimum Gasteiger partial charge on any atom is -0.507 e. The summed E-state index contributed by atoms with van der Waals surface area (Å²) in [6, 6.07) is 13.1. The van der Waals surface area contributed by atoms with Crippen molar-refractivity contribution in [2.24, 2.45) is 0 Å². The van der Waals surface area contributed by atoms with Crippen molar-refractivity contribution in [2.45, 2.75) is 26.3 Å². The second kappa shape index (κ2) is 8.48. The van der Waals surface area contributed by atoms with Crippen LogP contribution in [0.1, 0.15) is 37.4 Å². The number of halogens is 1. The zero-order chi connectivity index (χ0) is 20.3. The van der Waals surface area contributed by atoms with Crippen molar-refractivity contribution in [3.63, 3.8) is 0 Å². The number of aliphatic hydroxyl groups excluding tert-OH is 1. The van der Waals surface area contributed by atoms with E-state index in [0.717, 1.165) is 5.56 Å². The van der Waals surface area contributed by atoms with Crippen LogP contribution in [0.5, 0.6) is 5.75 Å². The van der Waals surface area contributed by atoms with Crippen LogP contribution in [0.15, 0.2) is 54.1 Å². The molecule has 28 heavy (non-hydrogen) atoms. The summed E-state index contributed by atoms with van der Waals surface area (Å²) in [5.74, 6) is -0.923. The Kier molecular flexibility index (Phi) is 6.05. The van der Waals surface area contributed by atoms with Gasteiger partial charge in [0.25, 0.3) is 11.7 Å². The zero-order valence-corrected chi connectivity index (χ0v) is 16.6. The minimum atomic E-state index is -0.687. The number of likely N-dealkylation sites (tertiary alicyclic amines) is 1. The van der Waals surface area contributed by atoms with Gasteiger partial charge in [0.2, 0.25) is 0 Å². The van der Waals surface area contributed by atoms with Crippen molar-refractivity contribution in [2.75, 3.05) is 13.2 Å². The first-order chi connectivity index (χ1) is 13.5. The number of ketones is 1. The highest BCUT2D eigenvalue weighted by Gasteiger charge is 2.45. The van der Waals surface area contributed by atoms with Gasteiger partial charge in [-0.3, -0.25) is 9.59 Å². The molecule has 1 fully saturated rings. The number of aliphatic hydroxyl groups is 1. The highest BCUT2D eigenvalue weighted by molar-refractivity contribution is 6.46. The van der Waals surface area contributed by atoms with Gasteiger partial charge in [0.05, 0.1) is 18.2 Å². The fourth-order valence-corrected chi connectivity index (χ4v) is 3.52. The topological polar surface area (TPSA) is 66.8 Å². The van der Waals surface area contributed by atoms with Gasteiger partial charge in [0.1, 0.15) is 11.5 Å². The summed E-state index contributed by atoms with van der Waals surface area (Å²) in [6.07, 6.45) is 0.691. The van der Waals surface area contributed by atoms with Crippen molar-refractivity contribution in [1.29, 1.82) is 0 Å². The molecule has 0 aliphatic carbocycles. The van der Waals surface area contributed by atoms with E-state index in [0.29, 0.717) is 35.9 Å². The van der Waals surface area contributed by atoms with E-state index < -0.39 is 17.7 Å². The van der Waals surface area contributed by atoms with E-state index in [1.54, 1.807) is 48.5 Å². The first kappa shape index (κ1) is 20.0. The Morgan fingerprint density at radius 1 is 1.14 bits per heavy atom. The molecule has 1 N–H and O–H groups in total. The monoisotopic (exact) mass is 399 g/mol. The third kappa shape index (κ3) is 3.76. The molecule has 2 aromatic rings. The van der Waals surface area contributed by atoms with Crippen molar-refractivity contribution in [1.82, 2.24) is 4.90 Å². The Labute approximate surface area is 169 Å². The van der Waals surface area contributed by atoms with Crippen LogP contribution in [0, 0.1) is 0 Å². The van der Waals surface area contributed by atoms with E-state index in [1.165, 1.54) is 4.90 Å². The molecule has 1 saturated heterocycles. The minimum absolute atomic E-state index is 0.0782. The third-order valence-electron chi connectivity index (χ3n) is 4.61. The van der Waals surface area contributed by atoms with E-state index >= 15 is 0 Å². The number of benzene rings is 2. The molecular formula is C22H22ClNO4. The number of carbonyl (C=O) groups excluding carboxylic acids is 2. The van der Waals surface area contributed by atoms with Gasteiger partial charge in [-0.1, -0.05) is 42.8 Å². The van der Waals surface area contributed by atoms with Gasteiger partial charge in [-0.05, 0) is 43.2 Å². The highest BCUT2D eigenvalue weighted by atomic mass is 35.5. The van der Waals surface area contributed by atoms with E-state index in [9.17, 15) is 14.7 Å². The second-order valence-corrected chi connectivity index (χ2v) is 6.94. The van der Waals surface area contributed by atoms with Crippen molar-refractivity contribution in [3.05, 3.63) is 70.3 Å². The number of nitrogens with zero attached hydrogens (tertiary/aromatic N) is 1.